The van der Waals surface area contributed by atoms with E-state index in [2.05, 4.69) is 27.0 Å². The van der Waals surface area contributed by atoms with Gasteiger partial charge < -0.3 is 24.5 Å². The van der Waals surface area contributed by atoms with Crippen LogP contribution in [-0.4, -0.2) is 87.6 Å². The molecular formula is C34H49N3O5. The number of aliphatic hydroxyl groups excluding tert-OH is 1. The van der Waals surface area contributed by atoms with Crippen molar-refractivity contribution >= 4 is 17.7 Å². The zero-order valence-electron chi connectivity index (χ0n) is 25.8. The number of fused-ring (bicyclic) bond motifs is 1. The molecule has 3 aliphatic heterocycles. The highest BCUT2D eigenvalue weighted by Gasteiger charge is 2.80. The average molecular weight is 580 g/mol. The van der Waals surface area contributed by atoms with E-state index >= 15 is 0 Å². The summed E-state index contributed by atoms with van der Waals surface area (Å²) in [4.78, 5) is 48.9. The van der Waals surface area contributed by atoms with Gasteiger partial charge in [-0.3, -0.25) is 14.4 Å². The van der Waals surface area contributed by atoms with Crippen LogP contribution in [0.5, 0.6) is 0 Å². The Morgan fingerprint density at radius 1 is 1.07 bits per heavy atom. The first-order valence-electron chi connectivity index (χ1n) is 15.6. The Kier molecular flexibility index (Phi) is 9.99. The molecule has 2 bridgehead atoms. The molecule has 42 heavy (non-hydrogen) atoms. The molecule has 1 aromatic rings. The van der Waals surface area contributed by atoms with Crippen LogP contribution in [0.1, 0.15) is 71.4 Å². The number of amides is 3. The molecule has 8 nitrogen and oxygen atoms in total. The summed E-state index contributed by atoms with van der Waals surface area (Å²) in [5, 5.41) is 10.7. The Labute approximate surface area is 251 Å². The smallest absolute Gasteiger partial charge is 0.248 e. The van der Waals surface area contributed by atoms with Gasteiger partial charge in [-0.05, 0) is 37.7 Å². The van der Waals surface area contributed by atoms with Crippen LogP contribution < -0.4 is 0 Å². The highest BCUT2D eigenvalue weighted by molar-refractivity contribution is 5.99. The fourth-order valence-electron chi connectivity index (χ4n) is 7.78. The third-order valence-electron chi connectivity index (χ3n) is 9.79. The lowest BCUT2D eigenvalue weighted by atomic mass is 9.62. The number of hydrogen-bond donors (Lipinski definition) is 1. The predicted octanol–water partition coefficient (Wildman–Crippen LogP) is 4.36. The summed E-state index contributed by atoms with van der Waals surface area (Å²) in [5.74, 6) is -2.28. The molecule has 230 valence electrons. The number of hydrogen-bond acceptors (Lipinski definition) is 5. The molecule has 1 spiro atoms. The number of benzene rings is 1. The number of carbonyl (C=O) groups excluding carboxylic acids is 3. The molecule has 4 rings (SSSR count). The molecular weight excluding hydrogens is 530 g/mol. The first-order chi connectivity index (χ1) is 20.2. The SMILES string of the molecule is C=CCN(CCCCC)C(=O)C1N([C@H](CO)c2ccccc2)C(=O)[C@@H]2[C@H](C(=O)N(CC=C)CCC)[C@@]3(C)OC12CC3C. The Morgan fingerprint density at radius 3 is 2.29 bits per heavy atom. The van der Waals surface area contributed by atoms with Crippen molar-refractivity contribution in [2.45, 2.75) is 83.1 Å². The van der Waals surface area contributed by atoms with Gasteiger partial charge in [0.25, 0.3) is 0 Å². The quantitative estimate of drug-likeness (QED) is 0.246. The molecule has 0 radical (unpaired) electrons. The van der Waals surface area contributed by atoms with Gasteiger partial charge in [-0.15, -0.1) is 13.2 Å². The number of rotatable bonds is 15. The Bertz CT molecular complexity index is 1160. The normalized spacial score (nSPS) is 30.2. The molecule has 1 N–H and O–H groups in total. The van der Waals surface area contributed by atoms with E-state index in [1.165, 1.54) is 0 Å². The fraction of sp³-hybridized carbons (Fsp3) is 0.618. The molecule has 3 amide bonds. The molecule has 7 atom stereocenters. The highest BCUT2D eigenvalue weighted by Crippen LogP contribution is 2.66. The van der Waals surface area contributed by atoms with Crippen molar-refractivity contribution in [1.29, 1.82) is 0 Å². The van der Waals surface area contributed by atoms with Gasteiger partial charge in [-0.2, -0.15) is 0 Å². The summed E-state index contributed by atoms with van der Waals surface area (Å²) in [6.45, 7) is 17.3. The van der Waals surface area contributed by atoms with E-state index < -0.39 is 35.1 Å². The van der Waals surface area contributed by atoms with E-state index in [1.54, 1.807) is 26.9 Å². The van der Waals surface area contributed by atoms with Crippen LogP contribution in [0.2, 0.25) is 0 Å². The van der Waals surface area contributed by atoms with Crippen molar-refractivity contribution in [2.75, 3.05) is 32.8 Å². The zero-order valence-corrected chi connectivity index (χ0v) is 25.8. The van der Waals surface area contributed by atoms with E-state index in [0.29, 0.717) is 32.6 Å². The largest absolute Gasteiger partial charge is 0.394 e. The maximum absolute atomic E-state index is 14.8. The van der Waals surface area contributed by atoms with Gasteiger partial charge in [-0.25, -0.2) is 0 Å². The fourth-order valence-corrected chi connectivity index (χ4v) is 7.78. The van der Waals surface area contributed by atoms with Crippen LogP contribution in [0.3, 0.4) is 0 Å². The number of unbranched alkanes of at least 4 members (excludes halogenated alkanes) is 2. The summed E-state index contributed by atoms with van der Waals surface area (Å²) in [7, 11) is 0. The lowest BCUT2D eigenvalue weighted by Crippen LogP contribution is -2.57. The second kappa shape index (κ2) is 13.1. The van der Waals surface area contributed by atoms with Crippen LogP contribution in [0, 0.1) is 17.8 Å². The van der Waals surface area contributed by atoms with Gasteiger partial charge >= 0.3 is 0 Å². The lowest BCUT2D eigenvalue weighted by molar-refractivity contribution is -0.157. The molecule has 0 saturated carbocycles. The summed E-state index contributed by atoms with van der Waals surface area (Å²) in [6.07, 6.45) is 7.49. The second-order valence-electron chi connectivity index (χ2n) is 12.4. The molecule has 3 saturated heterocycles. The van der Waals surface area contributed by atoms with Gasteiger partial charge in [0, 0.05) is 26.2 Å². The van der Waals surface area contributed by atoms with Gasteiger partial charge in [0.1, 0.15) is 11.6 Å². The first kappa shape index (κ1) is 32.0. The van der Waals surface area contributed by atoms with E-state index in [0.717, 1.165) is 31.2 Å². The van der Waals surface area contributed by atoms with Crippen molar-refractivity contribution < 1.29 is 24.2 Å². The number of carbonyl (C=O) groups is 3. The third-order valence-corrected chi connectivity index (χ3v) is 9.79. The predicted molar refractivity (Wildman–Crippen MR) is 163 cm³/mol. The molecule has 8 heteroatoms. The lowest BCUT2D eigenvalue weighted by Gasteiger charge is -2.39. The van der Waals surface area contributed by atoms with Crippen molar-refractivity contribution in [3.63, 3.8) is 0 Å². The monoisotopic (exact) mass is 579 g/mol. The summed E-state index contributed by atoms with van der Waals surface area (Å²) in [6, 6.07) is 7.59. The summed E-state index contributed by atoms with van der Waals surface area (Å²) in [5.41, 5.74) is -1.34. The van der Waals surface area contributed by atoms with Crippen LogP contribution in [0.15, 0.2) is 55.6 Å². The molecule has 3 fully saturated rings. The molecule has 0 aliphatic carbocycles. The zero-order chi connectivity index (χ0) is 30.7. The van der Waals surface area contributed by atoms with Crippen molar-refractivity contribution in [3.05, 3.63) is 61.2 Å². The first-order valence-corrected chi connectivity index (χ1v) is 15.6. The van der Waals surface area contributed by atoms with Crippen molar-refractivity contribution in [1.82, 2.24) is 14.7 Å². The minimum absolute atomic E-state index is 0.0600. The maximum atomic E-state index is 14.8. The minimum Gasteiger partial charge on any atom is -0.394 e. The number of likely N-dealkylation sites (tertiary alicyclic amines) is 1. The molecule has 3 unspecified atom stereocenters. The minimum atomic E-state index is -1.18. The number of aliphatic hydroxyl groups is 1. The van der Waals surface area contributed by atoms with Gasteiger partial charge in [-0.1, -0.05) is 76.1 Å². The summed E-state index contributed by atoms with van der Waals surface area (Å²) < 4.78 is 6.95. The number of ether oxygens (including phenoxy) is 1. The maximum Gasteiger partial charge on any atom is 0.248 e. The number of nitrogens with zero attached hydrogens (tertiary/aromatic N) is 3. The van der Waals surface area contributed by atoms with E-state index in [9.17, 15) is 19.5 Å². The van der Waals surface area contributed by atoms with Crippen molar-refractivity contribution in [3.8, 4) is 0 Å². The van der Waals surface area contributed by atoms with E-state index in [4.69, 9.17) is 4.74 Å². The van der Waals surface area contributed by atoms with Crippen LogP contribution in [-0.2, 0) is 19.1 Å². The molecule has 3 aliphatic rings. The summed E-state index contributed by atoms with van der Waals surface area (Å²) >= 11 is 0. The third kappa shape index (κ3) is 5.21. The van der Waals surface area contributed by atoms with E-state index in [-0.39, 0.29) is 30.2 Å². The van der Waals surface area contributed by atoms with Crippen molar-refractivity contribution in [2.24, 2.45) is 17.8 Å². The van der Waals surface area contributed by atoms with Crippen LogP contribution in [0.25, 0.3) is 0 Å². The van der Waals surface area contributed by atoms with Gasteiger partial charge in [0.05, 0.1) is 30.1 Å². The topological polar surface area (TPSA) is 90.4 Å². The van der Waals surface area contributed by atoms with E-state index in [1.807, 2.05) is 44.2 Å². The van der Waals surface area contributed by atoms with Gasteiger partial charge in [0.15, 0.2) is 0 Å². The standard InChI is InChI=1S/C34H49N3O5/c1-7-11-15-21-36(20-10-4)32(41)29-34-22-24(5)33(6,42-34)27(30(39)35(18-8-2)19-9-3)28(34)31(40)37(29)26(23-38)25-16-13-12-14-17-25/h8,10,12-14,16-17,24,26-29,38H,2,4,7,9,11,15,18-23H2,1,3,5-6H3/t24?,26-,27-,28+,29?,33+,34?/m1/s1. The average Bonchev–Trinajstić information content (AvgIpc) is 3.49. The molecule has 1 aromatic carbocycles. The Hall–Kier alpha value is -2.97. The Balaban J connectivity index is 1.87. The molecule has 0 aromatic heterocycles. The highest BCUT2D eigenvalue weighted by atomic mass is 16.5. The Morgan fingerprint density at radius 2 is 1.71 bits per heavy atom. The van der Waals surface area contributed by atoms with Gasteiger partial charge in [0.2, 0.25) is 17.7 Å². The van der Waals surface area contributed by atoms with Crippen LogP contribution in [0.4, 0.5) is 0 Å². The molecule has 3 heterocycles. The van der Waals surface area contributed by atoms with Crippen LogP contribution >= 0.6 is 0 Å². The second-order valence-corrected chi connectivity index (χ2v) is 12.4.